The van der Waals surface area contributed by atoms with Crippen LogP contribution in [-0.2, 0) is 0 Å². The molecule has 0 aliphatic heterocycles. The lowest BCUT2D eigenvalue weighted by Crippen LogP contribution is -3.61. The Balaban J connectivity index is 0.00000128. The summed E-state index contributed by atoms with van der Waals surface area (Å²) in [5.41, 5.74) is 2.68. The molecule has 2 rings (SSSR count). The van der Waals surface area contributed by atoms with E-state index in [2.05, 4.69) is 62.4 Å². The molecule has 0 aromatic heterocycles. The predicted octanol–water partition coefficient (Wildman–Crippen LogP) is 1.01. The molecular weight excluding hydrogens is 375 g/mol. The van der Waals surface area contributed by atoms with Crippen molar-refractivity contribution in [2.24, 2.45) is 0 Å². The summed E-state index contributed by atoms with van der Waals surface area (Å²) < 4.78 is 2.98. The summed E-state index contributed by atoms with van der Waals surface area (Å²) in [5.74, 6) is 0. The molecule has 0 fully saturated rings. The Morgan fingerprint density at radius 2 is 0.938 bits per heavy atom. The lowest BCUT2D eigenvalue weighted by molar-refractivity contribution is -0.597. The summed E-state index contributed by atoms with van der Waals surface area (Å²) >= 11 is 0.00313. The van der Waals surface area contributed by atoms with Gasteiger partial charge in [0.05, 0.1) is 0 Å². The molecule has 0 N–H and O–H groups in total. The van der Waals surface area contributed by atoms with Crippen LogP contribution in [0.25, 0.3) is 0 Å². The standard InChI is InChI=1S/C14H14I.BrH/c1-11-3-7-13(8-4-11)15-14-9-5-12(2)6-10-14;/h3-10H,1-2H3;1H/q+1;. The molecule has 0 aliphatic rings. The molecule has 2 heteroatoms. The highest BCUT2D eigenvalue weighted by atomic mass is 127. The molecule has 16 heavy (non-hydrogen) atoms. The van der Waals surface area contributed by atoms with Gasteiger partial charge in [-0.1, -0.05) is 35.4 Å². The van der Waals surface area contributed by atoms with Crippen molar-refractivity contribution in [1.29, 1.82) is 0 Å². The van der Waals surface area contributed by atoms with Crippen molar-refractivity contribution in [3.8, 4) is 0 Å². The first-order valence-electron chi connectivity index (χ1n) is 5.02. The minimum atomic E-state index is 0. The van der Waals surface area contributed by atoms with Gasteiger partial charge in [-0.3, -0.25) is 0 Å². The van der Waals surface area contributed by atoms with Gasteiger partial charge in [-0.05, 0) is 38.1 Å². The number of hydrogen-bond donors (Lipinski definition) is 0. The quantitative estimate of drug-likeness (QED) is 0.672. The minimum absolute atomic E-state index is 0. The Morgan fingerprint density at radius 3 is 1.25 bits per heavy atom. The zero-order valence-corrected chi connectivity index (χ0v) is 13.3. The molecule has 0 unspecified atom stereocenters. The van der Waals surface area contributed by atoms with E-state index in [4.69, 9.17) is 0 Å². The van der Waals surface area contributed by atoms with Crippen molar-refractivity contribution in [3.63, 3.8) is 0 Å². The predicted molar refractivity (Wildman–Crippen MR) is 70.1 cm³/mol. The number of hydrogen-bond acceptors (Lipinski definition) is 0. The number of benzene rings is 2. The maximum Gasteiger partial charge on any atom is 0.357 e. The topological polar surface area (TPSA) is 0 Å². The molecule has 2 aromatic rings. The van der Waals surface area contributed by atoms with Crippen LogP contribution in [0.4, 0.5) is 0 Å². The van der Waals surface area contributed by atoms with Gasteiger partial charge in [0, 0.05) is 0 Å². The molecular formula is C14H15BrI+. The summed E-state index contributed by atoms with van der Waals surface area (Å²) in [5, 5.41) is 0. The van der Waals surface area contributed by atoms with Gasteiger partial charge in [-0.15, -0.1) is 17.0 Å². The first-order valence-corrected chi connectivity index (χ1v) is 7.18. The highest BCUT2D eigenvalue weighted by molar-refractivity contribution is 8.93. The van der Waals surface area contributed by atoms with Crippen LogP contribution in [0.3, 0.4) is 0 Å². The third kappa shape index (κ3) is 3.91. The molecule has 0 nitrogen and oxygen atoms in total. The number of rotatable bonds is 2. The summed E-state index contributed by atoms with van der Waals surface area (Å²) in [7, 11) is 0. The van der Waals surface area contributed by atoms with E-state index >= 15 is 0 Å². The molecule has 0 radical (unpaired) electrons. The van der Waals surface area contributed by atoms with Gasteiger partial charge >= 0.3 is 21.2 Å². The van der Waals surface area contributed by atoms with Crippen molar-refractivity contribution in [3.05, 3.63) is 66.8 Å². The fraction of sp³-hybridized carbons (Fsp3) is 0.143. The van der Waals surface area contributed by atoms with Gasteiger partial charge in [0.15, 0.2) is 7.14 Å². The van der Waals surface area contributed by atoms with Gasteiger partial charge in [0.1, 0.15) is 0 Å². The Labute approximate surface area is 118 Å². The summed E-state index contributed by atoms with van der Waals surface area (Å²) in [6, 6.07) is 17.8. The third-order valence-electron chi connectivity index (χ3n) is 2.24. The van der Waals surface area contributed by atoms with E-state index in [1.54, 1.807) is 0 Å². The lowest BCUT2D eigenvalue weighted by Gasteiger charge is -1.90. The van der Waals surface area contributed by atoms with E-state index in [1.807, 2.05) is 0 Å². The third-order valence-corrected chi connectivity index (χ3v) is 4.92. The zero-order valence-electron chi connectivity index (χ0n) is 9.41. The van der Waals surface area contributed by atoms with Crippen LogP contribution in [0.15, 0.2) is 48.5 Å². The van der Waals surface area contributed by atoms with Crippen LogP contribution in [0.1, 0.15) is 11.1 Å². The smallest absolute Gasteiger partial charge is 0.114 e. The molecule has 0 heterocycles. The molecule has 0 atom stereocenters. The van der Waals surface area contributed by atoms with Crippen LogP contribution in [0.2, 0.25) is 0 Å². The van der Waals surface area contributed by atoms with Crippen LogP contribution in [-0.4, -0.2) is 0 Å². The normalized spacial score (nSPS) is 9.62. The molecule has 0 bridgehead atoms. The van der Waals surface area contributed by atoms with Gasteiger partial charge in [-0.25, -0.2) is 0 Å². The maximum absolute atomic E-state index is 2.25. The van der Waals surface area contributed by atoms with E-state index in [1.165, 1.54) is 18.3 Å². The van der Waals surface area contributed by atoms with Gasteiger partial charge < -0.3 is 0 Å². The van der Waals surface area contributed by atoms with Crippen molar-refractivity contribution in [1.82, 2.24) is 0 Å². The van der Waals surface area contributed by atoms with Crippen molar-refractivity contribution >= 4 is 17.0 Å². The van der Waals surface area contributed by atoms with Crippen LogP contribution < -0.4 is 21.2 Å². The van der Waals surface area contributed by atoms with E-state index in [9.17, 15) is 0 Å². The van der Waals surface area contributed by atoms with E-state index in [-0.39, 0.29) is 38.2 Å². The second kappa shape index (κ2) is 6.40. The van der Waals surface area contributed by atoms with Crippen molar-refractivity contribution < 1.29 is 21.2 Å². The summed E-state index contributed by atoms with van der Waals surface area (Å²) in [4.78, 5) is 0. The second-order valence-electron chi connectivity index (χ2n) is 3.69. The molecule has 84 valence electrons. The fourth-order valence-electron chi connectivity index (χ4n) is 1.32. The Hall–Kier alpha value is -0.350. The molecule has 0 aliphatic carbocycles. The second-order valence-corrected chi connectivity index (χ2v) is 6.72. The van der Waals surface area contributed by atoms with Crippen LogP contribution in [0.5, 0.6) is 0 Å². The SMILES string of the molecule is Br.Cc1ccc([I+]c2ccc(C)cc2)cc1. The minimum Gasteiger partial charge on any atom is -0.114 e. The Morgan fingerprint density at radius 1 is 0.625 bits per heavy atom. The average Bonchev–Trinajstić information content (AvgIpc) is 2.25. The van der Waals surface area contributed by atoms with Crippen molar-refractivity contribution in [2.45, 2.75) is 13.8 Å². The highest BCUT2D eigenvalue weighted by Gasteiger charge is 2.13. The summed E-state index contributed by atoms with van der Waals surface area (Å²) in [6.45, 7) is 4.27. The molecule has 0 spiro atoms. The number of aryl methyl sites for hydroxylation is 2. The molecule has 0 saturated carbocycles. The van der Waals surface area contributed by atoms with E-state index in [0.29, 0.717) is 0 Å². The zero-order chi connectivity index (χ0) is 10.7. The van der Waals surface area contributed by atoms with Crippen LogP contribution in [0, 0.1) is 21.0 Å². The van der Waals surface area contributed by atoms with Crippen LogP contribution >= 0.6 is 17.0 Å². The number of halogens is 2. The van der Waals surface area contributed by atoms with Gasteiger partial charge in [0.25, 0.3) is 0 Å². The first kappa shape index (κ1) is 13.7. The van der Waals surface area contributed by atoms with Gasteiger partial charge in [0.2, 0.25) is 0 Å². The summed E-state index contributed by atoms with van der Waals surface area (Å²) in [6.07, 6.45) is 0. The lowest BCUT2D eigenvalue weighted by atomic mass is 10.2. The first-order chi connectivity index (χ1) is 7.24. The fourth-order valence-corrected chi connectivity index (χ4v) is 3.48. The highest BCUT2D eigenvalue weighted by Crippen LogP contribution is 1.95. The molecule has 0 saturated heterocycles. The average molecular weight is 390 g/mol. The monoisotopic (exact) mass is 389 g/mol. The maximum atomic E-state index is 2.25. The Kier molecular flexibility index (Phi) is 5.49. The van der Waals surface area contributed by atoms with Crippen molar-refractivity contribution in [2.75, 3.05) is 0 Å². The van der Waals surface area contributed by atoms with Gasteiger partial charge in [-0.2, -0.15) is 0 Å². The van der Waals surface area contributed by atoms with E-state index in [0.717, 1.165) is 0 Å². The van der Waals surface area contributed by atoms with E-state index < -0.39 is 0 Å². The molecule has 2 aromatic carbocycles. The largest absolute Gasteiger partial charge is 0.357 e. The molecule has 0 amide bonds. The Bertz CT molecular complexity index is 388.